The lowest BCUT2D eigenvalue weighted by molar-refractivity contribution is 0.408. The first kappa shape index (κ1) is 19.1. The Hall–Kier alpha value is -3.25. The van der Waals surface area contributed by atoms with Crippen molar-refractivity contribution in [2.24, 2.45) is 0 Å². The fourth-order valence-electron chi connectivity index (χ4n) is 3.11. The summed E-state index contributed by atoms with van der Waals surface area (Å²) < 4.78 is 13.3. The van der Waals surface area contributed by atoms with Gasteiger partial charge in [0.2, 0.25) is 0 Å². The summed E-state index contributed by atoms with van der Waals surface area (Å²) in [4.78, 5) is 0. The molecule has 0 atom stereocenters. The Morgan fingerprint density at radius 3 is 2.10 bits per heavy atom. The minimum absolute atomic E-state index is 0.117. The Morgan fingerprint density at radius 1 is 0.828 bits per heavy atom. The number of aromatic hydroxyl groups is 1. The smallest absolute Gasteiger partial charge is 0.128 e. The predicted molar refractivity (Wildman–Crippen MR) is 117 cm³/mol. The molecule has 0 aliphatic heterocycles. The molecule has 3 aromatic carbocycles. The van der Waals surface area contributed by atoms with Crippen LogP contribution >= 0.6 is 15.9 Å². The average molecular weight is 451 g/mol. The molecule has 0 aliphatic rings. The highest BCUT2D eigenvalue weighted by molar-refractivity contribution is 9.10. The molecule has 29 heavy (non-hydrogen) atoms. The molecule has 0 fully saturated rings. The van der Waals surface area contributed by atoms with E-state index in [0.29, 0.717) is 17.0 Å². The van der Waals surface area contributed by atoms with Gasteiger partial charge < -0.3 is 14.6 Å². The van der Waals surface area contributed by atoms with Gasteiger partial charge in [0.1, 0.15) is 17.2 Å². The average Bonchev–Trinajstić information content (AvgIpc) is 3.19. The summed E-state index contributed by atoms with van der Waals surface area (Å²) in [5, 5.41) is 15.3. The van der Waals surface area contributed by atoms with Crippen LogP contribution < -0.4 is 9.47 Å². The van der Waals surface area contributed by atoms with Crippen LogP contribution in [0.3, 0.4) is 0 Å². The Bertz CT molecular complexity index is 1140. The van der Waals surface area contributed by atoms with E-state index in [4.69, 9.17) is 14.6 Å². The van der Waals surface area contributed by atoms with Crippen molar-refractivity contribution < 1.29 is 14.6 Å². The number of hydrogen-bond acceptors (Lipinski definition) is 4. The van der Waals surface area contributed by atoms with Crippen molar-refractivity contribution in [2.75, 3.05) is 14.2 Å². The van der Waals surface area contributed by atoms with Crippen LogP contribution in [0.1, 0.15) is 0 Å². The molecule has 4 aromatic rings. The third-order valence-corrected chi connectivity index (χ3v) is 5.18. The number of methoxy groups -OCH3 is 2. The van der Waals surface area contributed by atoms with Crippen LogP contribution in [0.4, 0.5) is 0 Å². The number of halogens is 1. The summed E-state index contributed by atoms with van der Waals surface area (Å²) in [5.41, 5.74) is 4.11. The number of rotatable bonds is 5. The number of ether oxygens (including phenoxy) is 2. The predicted octanol–water partition coefficient (Wildman–Crippen LogP) is 5.69. The van der Waals surface area contributed by atoms with Gasteiger partial charge >= 0.3 is 0 Å². The highest BCUT2D eigenvalue weighted by atomic mass is 79.9. The number of phenolic OH excluding ortho intramolecular Hbond substituents is 1. The van der Waals surface area contributed by atoms with Crippen molar-refractivity contribution in [1.82, 2.24) is 9.78 Å². The van der Waals surface area contributed by atoms with E-state index in [1.807, 2.05) is 59.3 Å². The van der Waals surface area contributed by atoms with Gasteiger partial charge in [-0.15, -0.1) is 0 Å². The normalized spacial score (nSPS) is 10.7. The molecule has 5 nitrogen and oxygen atoms in total. The summed E-state index contributed by atoms with van der Waals surface area (Å²) in [7, 11) is 3.21. The lowest BCUT2D eigenvalue weighted by atomic mass is 10.1. The maximum Gasteiger partial charge on any atom is 0.128 e. The van der Waals surface area contributed by atoms with Crippen LogP contribution in [0.25, 0.3) is 28.2 Å². The number of nitrogens with zero attached hydrogens (tertiary/aromatic N) is 2. The van der Waals surface area contributed by atoms with Crippen molar-refractivity contribution in [3.63, 3.8) is 0 Å². The monoisotopic (exact) mass is 450 g/mol. The molecule has 1 heterocycles. The third-order valence-electron chi connectivity index (χ3n) is 4.65. The van der Waals surface area contributed by atoms with Gasteiger partial charge in [-0.2, -0.15) is 5.10 Å². The van der Waals surface area contributed by atoms with Crippen molar-refractivity contribution >= 4 is 15.9 Å². The maximum absolute atomic E-state index is 10.5. The third kappa shape index (κ3) is 3.84. The zero-order valence-corrected chi connectivity index (χ0v) is 17.6. The van der Waals surface area contributed by atoms with E-state index >= 15 is 0 Å². The van der Waals surface area contributed by atoms with Gasteiger partial charge in [-0.25, -0.2) is 4.68 Å². The first-order valence-corrected chi connectivity index (χ1v) is 9.76. The van der Waals surface area contributed by atoms with Crippen molar-refractivity contribution in [3.05, 3.63) is 77.3 Å². The fourth-order valence-corrected chi connectivity index (χ4v) is 3.38. The lowest BCUT2D eigenvalue weighted by Gasteiger charge is -2.08. The molecule has 1 aromatic heterocycles. The summed E-state index contributed by atoms with van der Waals surface area (Å²) in [6.45, 7) is 0. The molecule has 0 amide bonds. The molecule has 0 bridgehead atoms. The quantitative estimate of drug-likeness (QED) is 0.424. The van der Waals surface area contributed by atoms with Gasteiger partial charge in [0.25, 0.3) is 0 Å². The van der Waals surface area contributed by atoms with Crippen molar-refractivity contribution in [1.29, 1.82) is 0 Å². The Morgan fingerprint density at radius 2 is 1.48 bits per heavy atom. The molecule has 6 heteroatoms. The highest BCUT2D eigenvalue weighted by Gasteiger charge is 2.16. The summed E-state index contributed by atoms with van der Waals surface area (Å²) in [5.74, 6) is 1.50. The molecular formula is C23H19BrN2O3. The van der Waals surface area contributed by atoms with E-state index in [-0.39, 0.29) is 5.75 Å². The van der Waals surface area contributed by atoms with Crippen LogP contribution in [-0.2, 0) is 0 Å². The van der Waals surface area contributed by atoms with Gasteiger partial charge in [-0.3, -0.25) is 0 Å². The number of phenols is 1. The highest BCUT2D eigenvalue weighted by Crippen LogP contribution is 2.35. The zero-order chi connectivity index (χ0) is 20.4. The van der Waals surface area contributed by atoms with Crippen molar-refractivity contribution in [2.45, 2.75) is 0 Å². The van der Waals surface area contributed by atoms with Gasteiger partial charge in [0, 0.05) is 21.7 Å². The summed E-state index contributed by atoms with van der Waals surface area (Å²) in [6, 6.07) is 22.9. The van der Waals surface area contributed by atoms with E-state index in [1.165, 1.54) is 0 Å². The molecule has 4 rings (SSSR count). The largest absolute Gasteiger partial charge is 0.507 e. The minimum atomic E-state index is 0.117. The maximum atomic E-state index is 10.5. The summed E-state index contributed by atoms with van der Waals surface area (Å²) >= 11 is 3.47. The van der Waals surface area contributed by atoms with E-state index in [0.717, 1.165) is 27.2 Å². The number of aromatic nitrogens is 2. The second kappa shape index (κ2) is 8.01. The summed E-state index contributed by atoms with van der Waals surface area (Å²) in [6.07, 6.45) is 0. The minimum Gasteiger partial charge on any atom is -0.507 e. The van der Waals surface area contributed by atoms with Crippen LogP contribution in [0.2, 0.25) is 0 Å². The second-order valence-electron chi connectivity index (χ2n) is 6.41. The van der Waals surface area contributed by atoms with Crippen LogP contribution in [-0.4, -0.2) is 29.1 Å². The molecule has 0 radical (unpaired) electrons. The fraction of sp³-hybridized carbons (Fsp3) is 0.0870. The van der Waals surface area contributed by atoms with Gasteiger partial charge in [-0.1, -0.05) is 15.9 Å². The topological polar surface area (TPSA) is 56.5 Å². The van der Waals surface area contributed by atoms with E-state index < -0.39 is 0 Å². The molecule has 0 unspecified atom stereocenters. The number of hydrogen-bond donors (Lipinski definition) is 1. The molecule has 0 saturated carbocycles. The second-order valence-corrected chi connectivity index (χ2v) is 7.33. The van der Waals surface area contributed by atoms with E-state index in [9.17, 15) is 5.11 Å². The molecule has 146 valence electrons. The van der Waals surface area contributed by atoms with Gasteiger partial charge in [-0.05, 0) is 66.7 Å². The van der Waals surface area contributed by atoms with Gasteiger partial charge in [0.15, 0.2) is 0 Å². The lowest BCUT2D eigenvalue weighted by Crippen LogP contribution is -1.99. The van der Waals surface area contributed by atoms with Crippen LogP contribution in [0.5, 0.6) is 17.2 Å². The first-order valence-electron chi connectivity index (χ1n) is 8.97. The molecule has 0 aliphatic carbocycles. The molecule has 0 saturated heterocycles. The van der Waals surface area contributed by atoms with E-state index in [1.54, 1.807) is 32.4 Å². The first-order chi connectivity index (χ1) is 14.1. The zero-order valence-electron chi connectivity index (χ0n) is 16.0. The Labute approximate surface area is 177 Å². The van der Waals surface area contributed by atoms with Gasteiger partial charge in [0.05, 0.1) is 31.3 Å². The SMILES string of the molecule is COc1ccc(-c2cc(-c3ccc(OC)cc3O)nn2-c2ccc(Br)cc2)cc1. The van der Waals surface area contributed by atoms with Crippen LogP contribution in [0.15, 0.2) is 77.3 Å². The van der Waals surface area contributed by atoms with Crippen LogP contribution in [0, 0.1) is 0 Å². The molecule has 1 N–H and O–H groups in total. The van der Waals surface area contributed by atoms with E-state index in [2.05, 4.69) is 15.9 Å². The number of benzene rings is 3. The van der Waals surface area contributed by atoms with Crippen molar-refractivity contribution in [3.8, 4) is 45.5 Å². The molecule has 0 spiro atoms. The Balaban J connectivity index is 1.87. The molecular weight excluding hydrogens is 432 g/mol. The standard InChI is InChI=1S/C23H19BrN2O3/c1-28-18-9-3-15(4-10-18)22-14-21(20-12-11-19(29-2)13-23(20)27)25-26(22)17-7-5-16(24)6-8-17/h3-14,27H,1-2H3. The Kier molecular flexibility index (Phi) is 5.27.